The summed E-state index contributed by atoms with van der Waals surface area (Å²) in [6.07, 6.45) is 0. The molecule has 1 aromatic heterocycles. The molecule has 0 aromatic carbocycles. The smallest absolute Gasteiger partial charge is 0.149 e. The second-order valence-corrected chi connectivity index (χ2v) is 5.32. The van der Waals surface area contributed by atoms with Crippen LogP contribution in [-0.2, 0) is 0 Å². The minimum atomic E-state index is 0.284. The molecule has 0 fully saturated rings. The van der Waals surface area contributed by atoms with Gasteiger partial charge in [0.05, 0.1) is 5.69 Å². The summed E-state index contributed by atoms with van der Waals surface area (Å²) in [5.74, 6) is 1.71. The predicted octanol–water partition coefficient (Wildman–Crippen LogP) is 2.34. The number of nitrogens with two attached hydrogens (primary N) is 2. The summed E-state index contributed by atoms with van der Waals surface area (Å²) in [7, 11) is 0. The molecular weight excluding hydrogens is 200 g/mol. The lowest BCUT2D eigenvalue weighted by Crippen LogP contribution is -2.25. The van der Waals surface area contributed by atoms with Crippen LogP contribution < -0.4 is 16.8 Å². The van der Waals surface area contributed by atoms with Crippen molar-refractivity contribution in [3.05, 3.63) is 12.1 Å². The van der Waals surface area contributed by atoms with Crippen LogP contribution in [0.15, 0.2) is 12.1 Å². The Balaban J connectivity index is 2.58. The summed E-state index contributed by atoms with van der Waals surface area (Å²) < 4.78 is 0. The molecule has 90 valence electrons. The fourth-order valence-corrected chi connectivity index (χ4v) is 1.15. The third-order valence-electron chi connectivity index (χ3n) is 3.03. The number of aromatic nitrogens is 1. The van der Waals surface area contributed by atoms with E-state index in [-0.39, 0.29) is 5.41 Å². The maximum absolute atomic E-state index is 5.64. The van der Waals surface area contributed by atoms with Crippen molar-refractivity contribution in [2.45, 2.75) is 27.7 Å². The Morgan fingerprint density at radius 1 is 1.31 bits per heavy atom. The zero-order valence-electron chi connectivity index (χ0n) is 10.5. The lowest BCUT2D eigenvalue weighted by molar-refractivity contribution is 0.274. The molecule has 1 atom stereocenters. The number of nitrogens with zero attached hydrogens (tertiary/aromatic N) is 1. The van der Waals surface area contributed by atoms with Crippen LogP contribution in [-0.4, -0.2) is 11.5 Å². The van der Waals surface area contributed by atoms with Crippen LogP contribution in [0.1, 0.15) is 27.7 Å². The number of rotatable bonds is 3. The van der Waals surface area contributed by atoms with E-state index < -0.39 is 0 Å². The largest absolute Gasteiger partial charge is 0.396 e. The van der Waals surface area contributed by atoms with Gasteiger partial charge in [-0.3, -0.25) is 0 Å². The van der Waals surface area contributed by atoms with Crippen LogP contribution in [0.2, 0.25) is 0 Å². The molecule has 4 heteroatoms. The van der Waals surface area contributed by atoms with Crippen molar-refractivity contribution in [3.8, 4) is 0 Å². The first kappa shape index (κ1) is 12.6. The van der Waals surface area contributed by atoms with Gasteiger partial charge in [0.2, 0.25) is 0 Å². The average molecular weight is 222 g/mol. The molecule has 0 bridgehead atoms. The minimum absolute atomic E-state index is 0.284. The fraction of sp³-hybridized carbons (Fsp3) is 0.583. The van der Waals surface area contributed by atoms with Crippen molar-refractivity contribution < 1.29 is 0 Å². The molecule has 0 amide bonds. The van der Waals surface area contributed by atoms with E-state index in [1.54, 1.807) is 6.07 Å². The second kappa shape index (κ2) is 4.60. The highest BCUT2D eigenvalue weighted by Gasteiger charge is 2.19. The lowest BCUT2D eigenvalue weighted by Gasteiger charge is -2.27. The summed E-state index contributed by atoms with van der Waals surface area (Å²) >= 11 is 0. The molecule has 0 aliphatic heterocycles. The molecule has 5 N–H and O–H groups in total. The number of pyridine rings is 1. The van der Waals surface area contributed by atoms with Gasteiger partial charge in [-0.2, -0.15) is 0 Å². The first-order valence-electron chi connectivity index (χ1n) is 5.56. The first-order valence-corrected chi connectivity index (χ1v) is 5.56. The molecule has 1 rings (SSSR count). The van der Waals surface area contributed by atoms with Gasteiger partial charge in [-0.1, -0.05) is 27.7 Å². The van der Waals surface area contributed by atoms with Crippen molar-refractivity contribution in [1.29, 1.82) is 0 Å². The van der Waals surface area contributed by atoms with Crippen molar-refractivity contribution in [2.75, 3.05) is 23.3 Å². The highest BCUT2D eigenvalue weighted by molar-refractivity contribution is 5.61. The molecule has 1 heterocycles. The molecule has 0 saturated carbocycles. The zero-order valence-corrected chi connectivity index (χ0v) is 10.5. The number of hydrogen-bond acceptors (Lipinski definition) is 4. The van der Waals surface area contributed by atoms with E-state index in [0.717, 1.165) is 12.4 Å². The van der Waals surface area contributed by atoms with Gasteiger partial charge in [-0.25, -0.2) is 4.98 Å². The van der Waals surface area contributed by atoms with Gasteiger partial charge in [-0.15, -0.1) is 0 Å². The Morgan fingerprint density at radius 3 is 2.44 bits per heavy atom. The van der Waals surface area contributed by atoms with Crippen LogP contribution in [0, 0.1) is 11.3 Å². The second-order valence-electron chi connectivity index (χ2n) is 5.32. The minimum Gasteiger partial charge on any atom is -0.396 e. The highest BCUT2D eigenvalue weighted by atomic mass is 15.0. The van der Waals surface area contributed by atoms with Crippen LogP contribution in [0.3, 0.4) is 0 Å². The van der Waals surface area contributed by atoms with E-state index >= 15 is 0 Å². The van der Waals surface area contributed by atoms with Crippen LogP contribution in [0.25, 0.3) is 0 Å². The molecule has 1 aromatic rings. The van der Waals surface area contributed by atoms with Gasteiger partial charge in [-0.05, 0) is 23.5 Å². The molecule has 1 unspecified atom stereocenters. The number of hydrogen-bond donors (Lipinski definition) is 3. The molecule has 0 aliphatic rings. The Bertz CT molecular complexity index is 355. The summed E-state index contributed by atoms with van der Waals surface area (Å²) in [5.41, 5.74) is 12.0. The quantitative estimate of drug-likeness (QED) is 0.733. The Kier molecular flexibility index (Phi) is 3.62. The standard InChI is InChI=1S/C12H22N4/c1-8(12(2,3)4)7-15-10-6-5-9(13)11(14)16-10/h5-6,8H,7,13H2,1-4H3,(H3,14,15,16). The molecule has 0 radical (unpaired) electrons. The fourth-order valence-electron chi connectivity index (χ4n) is 1.15. The highest BCUT2D eigenvalue weighted by Crippen LogP contribution is 2.25. The number of nitrogens with one attached hydrogen (secondary N) is 1. The number of nitrogen functional groups attached to an aromatic ring is 2. The van der Waals surface area contributed by atoms with Gasteiger partial charge < -0.3 is 16.8 Å². The number of anilines is 3. The van der Waals surface area contributed by atoms with Crippen molar-refractivity contribution in [2.24, 2.45) is 11.3 Å². The Morgan fingerprint density at radius 2 is 1.94 bits per heavy atom. The third-order valence-corrected chi connectivity index (χ3v) is 3.03. The first-order chi connectivity index (χ1) is 7.30. The lowest BCUT2D eigenvalue weighted by atomic mass is 9.82. The topological polar surface area (TPSA) is 77.0 Å². The molecule has 0 spiro atoms. The van der Waals surface area contributed by atoms with E-state index in [9.17, 15) is 0 Å². The van der Waals surface area contributed by atoms with Crippen LogP contribution in [0.5, 0.6) is 0 Å². The van der Waals surface area contributed by atoms with Crippen molar-refractivity contribution in [1.82, 2.24) is 4.98 Å². The SMILES string of the molecule is CC(CNc1ccc(N)c(N)n1)C(C)(C)C. The Hall–Kier alpha value is -1.45. The maximum Gasteiger partial charge on any atom is 0.149 e. The average Bonchev–Trinajstić information content (AvgIpc) is 2.18. The van der Waals surface area contributed by atoms with E-state index in [4.69, 9.17) is 11.5 Å². The summed E-state index contributed by atoms with van der Waals surface area (Å²) in [4.78, 5) is 4.17. The van der Waals surface area contributed by atoms with E-state index in [0.29, 0.717) is 17.4 Å². The summed E-state index contributed by atoms with van der Waals surface area (Å²) in [6, 6.07) is 3.62. The van der Waals surface area contributed by atoms with Gasteiger partial charge in [0, 0.05) is 6.54 Å². The molecule has 4 nitrogen and oxygen atoms in total. The Labute approximate surface area is 97.4 Å². The van der Waals surface area contributed by atoms with Gasteiger partial charge >= 0.3 is 0 Å². The molecule has 0 saturated heterocycles. The van der Waals surface area contributed by atoms with E-state index in [1.165, 1.54) is 0 Å². The van der Waals surface area contributed by atoms with Gasteiger partial charge in [0.15, 0.2) is 0 Å². The summed E-state index contributed by atoms with van der Waals surface area (Å²) in [5, 5.41) is 3.27. The summed E-state index contributed by atoms with van der Waals surface area (Å²) in [6.45, 7) is 9.77. The van der Waals surface area contributed by atoms with Crippen LogP contribution >= 0.6 is 0 Å². The van der Waals surface area contributed by atoms with E-state index in [1.807, 2.05) is 6.07 Å². The molecule has 0 aliphatic carbocycles. The molecule has 16 heavy (non-hydrogen) atoms. The van der Waals surface area contributed by atoms with Gasteiger partial charge in [0.25, 0.3) is 0 Å². The normalized spacial score (nSPS) is 13.5. The van der Waals surface area contributed by atoms with Crippen LogP contribution in [0.4, 0.5) is 17.3 Å². The van der Waals surface area contributed by atoms with Gasteiger partial charge in [0.1, 0.15) is 11.6 Å². The van der Waals surface area contributed by atoms with Crippen molar-refractivity contribution >= 4 is 17.3 Å². The zero-order chi connectivity index (χ0) is 12.3. The maximum atomic E-state index is 5.64. The van der Waals surface area contributed by atoms with Crippen molar-refractivity contribution in [3.63, 3.8) is 0 Å². The predicted molar refractivity (Wildman–Crippen MR) is 70.2 cm³/mol. The third kappa shape index (κ3) is 3.29. The molecular formula is C12H22N4. The monoisotopic (exact) mass is 222 g/mol. The van der Waals surface area contributed by atoms with E-state index in [2.05, 4.69) is 38.0 Å².